The summed E-state index contributed by atoms with van der Waals surface area (Å²) >= 11 is 0. The van der Waals surface area contributed by atoms with Crippen LogP contribution in [0.4, 0.5) is 20.8 Å². The molecule has 0 aliphatic carbocycles. The summed E-state index contributed by atoms with van der Waals surface area (Å²) in [6.45, 7) is 10.0. The van der Waals surface area contributed by atoms with Crippen molar-refractivity contribution in [2.24, 2.45) is 0 Å². The second-order valence-electron chi connectivity index (χ2n) is 12.8. The fourth-order valence-electron chi connectivity index (χ4n) is 5.39. The summed E-state index contributed by atoms with van der Waals surface area (Å²) in [5, 5.41) is 4.16. The van der Waals surface area contributed by atoms with Gasteiger partial charge in [-0.15, -0.1) is 0 Å². The lowest BCUT2D eigenvalue weighted by Gasteiger charge is -2.34. The maximum absolute atomic E-state index is 15.1. The van der Waals surface area contributed by atoms with E-state index in [2.05, 4.69) is 20.0 Å². The number of amides is 1. The summed E-state index contributed by atoms with van der Waals surface area (Å²) in [5.74, 6) is -0.0564. The number of pyridine rings is 1. The number of piperidine rings is 1. The Morgan fingerprint density at radius 1 is 1.10 bits per heavy atom. The third-order valence-electron chi connectivity index (χ3n) is 7.72. The first-order valence-electron chi connectivity index (χ1n) is 15.7. The van der Waals surface area contributed by atoms with Gasteiger partial charge in [0.05, 0.1) is 28.8 Å². The predicted octanol–water partition coefficient (Wildman–Crippen LogP) is 6.52. The molecule has 0 radical (unpaired) electrons. The monoisotopic (exact) mass is 680 g/mol. The molecule has 1 amide bonds. The van der Waals surface area contributed by atoms with Gasteiger partial charge in [0.2, 0.25) is 21.9 Å². The van der Waals surface area contributed by atoms with Gasteiger partial charge < -0.3 is 24.4 Å². The zero-order valence-corrected chi connectivity index (χ0v) is 28.7. The molecule has 2 atom stereocenters. The summed E-state index contributed by atoms with van der Waals surface area (Å²) in [5.41, 5.74) is 1.09. The highest BCUT2D eigenvalue weighted by Gasteiger charge is 2.28. The Morgan fingerprint density at radius 3 is 2.62 bits per heavy atom. The molecule has 2 N–H and O–H groups in total. The van der Waals surface area contributed by atoms with Gasteiger partial charge in [0, 0.05) is 49.4 Å². The summed E-state index contributed by atoms with van der Waals surface area (Å²) < 4.78 is 60.2. The van der Waals surface area contributed by atoms with Crippen LogP contribution < -0.4 is 14.8 Å². The molecule has 1 saturated heterocycles. The van der Waals surface area contributed by atoms with E-state index >= 15 is 4.39 Å². The fraction of sp³-hybridized carbons (Fsp3) is 0.412. The SMILES string of the molecule is CO[C@H](C)CS(=O)(=O)Nc1c(F)ccc2c(Oc3ncccc3-c3ccnc(NC4CCCN(C(=O)OC(C)(C)C)C4)n3)c(C)ccc12. The molecule has 2 aromatic heterocycles. The number of methoxy groups -OCH3 is 1. The van der Waals surface area contributed by atoms with Crippen molar-refractivity contribution in [1.82, 2.24) is 19.9 Å². The third kappa shape index (κ3) is 8.47. The van der Waals surface area contributed by atoms with E-state index < -0.39 is 27.5 Å². The molecule has 0 spiro atoms. The van der Waals surface area contributed by atoms with Gasteiger partial charge in [0.25, 0.3) is 0 Å². The van der Waals surface area contributed by atoms with Crippen LogP contribution in [0.2, 0.25) is 0 Å². The number of hydrogen-bond donors (Lipinski definition) is 2. The van der Waals surface area contributed by atoms with Crippen molar-refractivity contribution in [3.8, 4) is 22.9 Å². The number of anilines is 2. The number of benzene rings is 2. The average Bonchev–Trinajstić information content (AvgIpc) is 3.03. The lowest BCUT2D eigenvalue weighted by atomic mass is 10.0. The number of aryl methyl sites for hydroxylation is 1. The summed E-state index contributed by atoms with van der Waals surface area (Å²) in [7, 11) is -2.52. The van der Waals surface area contributed by atoms with Crippen LogP contribution in [0.5, 0.6) is 11.6 Å². The van der Waals surface area contributed by atoms with E-state index in [0.717, 1.165) is 18.4 Å². The fourth-order valence-corrected chi connectivity index (χ4v) is 6.74. The first-order chi connectivity index (χ1) is 22.7. The van der Waals surface area contributed by atoms with Crippen molar-refractivity contribution in [1.29, 1.82) is 0 Å². The van der Waals surface area contributed by atoms with Crippen LogP contribution in [0.25, 0.3) is 22.0 Å². The first-order valence-corrected chi connectivity index (χ1v) is 17.3. The second-order valence-corrected chi connectivity index (χ2v) is 14.6. The van der Waals surface area contributed by atoms with Crippen LogP contribution in [0.15, 0.2) is 54.9 Å². The first kappa shape index (κ1) is 34.8. The van der Waals surface area contributed by atoms with E-state index in [1.54, 1.807) is 54.5 Å². The van der Waals surface area contributed by atoms with Gasteiger partial charge in [-0.3, -0.25) is 4.72 Å². The van der Waals surface area contributed by atoms with Gasteiger partial charge in [0.15, 0.2) is 0 Å². The maximum Gasteiger partial charge on any atom is 0.410 e. The van der Waals surface area contributed by atoms with Crippen LogP contribution in [-0.4, -0.2) is 78.1 Å². The van der Waals surface area contributed by atoms with Gasteiger partial charge in [-0.05, 0) is 83.4 Å². The number of nitrogens with one attached hydrogen (secondary N) is 2. The number of aromatic nitrogens is 3. The molecule has 4 aromatic rings. The largest absolute Gasteiger partial charge is 0.444 e. The number of ether oxygens (including phenoxy) is 3. The third-order valence-corrected chi connectivity index (χ3v) is 9.14. The number of fused-ring (bicyclic) bond motifs is 1. The number of rotatable bonds is 10. The summed E-state index contributed by atoms with van der Waals surface area (Å²) in [4.78, 5) is 28.0. The van der Waals surface area contributed by atoms with Gasteiger partial charge in [-0.1, -0.05) is 12.1 Å². The molecule has 2 aromatic carbocycles. The van der Waals surface area contributed by atoms with Crippen molar-refractivity contribution in [2.75, 3.05) is 36.0 Å². The second kappa shape index (κ2) is 14.3. The molecule has 1 aliphatic heterocycles. The number of carbonyl (C=O) groups excluding carboxylic acids is 1. The number of carbonyl (C=O) groups is 1. The Kier molecular flexibility index (Phi) is 10.3. The zero-order valence-electron chi connectivity index (χ0n) is 27.9. The molecular weight excluding hydrogens is 639 g/mol. The number of hydrogen-bond acceptors (Lipinski definition) is 10. The molecular formula is C34H41FN6O6S. The average molecular weight is 681 g/mol. The summed E-state index contributed by atoms with van der Waals surface area (Å²) in [6.07, 6.45) is 3.92. The molecule has 3 heterocycles. The normalized spacial score (nSPS) is 16.0. The van der Waals surface area contributed by atoms with Crippen molar-refractivity contribution < 1.29 is 31.8 Å². The molecule has 0 bridgehead atoms. The zero-order chi connectivity index (χ0) is 34.6. The van der Waals surface area contributed by atoms with E-state index in [9.17, 15) is 13.2 Å². The topological polar surface area (TPSA) is 145 Å². The van der Waals surface area contributed by atoms with Crippen LogP contribution >= 0.6 is 0 Å². The van der Waals surface area contributed by atoms with E-state index in [1.165, 1.54) is 13.2 Å². The van der Waals surface area contributed by atoms with Gasteiger partial charge in [0.1, 0.15) is 17.2 Å². The molecule has 1 fully saturated rings. The highest BCUT2D eigenvalue weighted by Crippen LogP contribution is 2.39. The Hall–Kier alpha value is -4.56. The highest BCUT2D eigenvalue weighted by molar-refractivity contribution is 7.92. The van der Waals surface area contributed by atoms with Crippen molar-refractivity contribution in [2.45, 2.75) is 65.2 Å². The van der Waals surface area contributed by atoms with Crippen LogP contribution in [-0.2, 0) is 19.5 Å². The number of sulfonamides is 1. The molecule has 256 valence electrons. The van der Waals surface area contributed by atoms with Crippen LogP contribution in [0, 0.1) is 12.7 Å². The van der Waals surface area contributed by atoms with E-state index in [-0.39, 0.29) is 29.5 Å². The van der Waals surface area contributed by atoms with Crippen molar-refractivity contribution in [3.63, 3.8) is 0 Å². The van der Waals surface area contributed by atoms with Crippen LogP contribution in [0.1, 0.15) is 46.1 Å². The minimum Gasteiger partial charge on any atom is -0.444 e. The van der Waals surface area contributed by atoms with Crippen molar-refractivity contribution >= 4 is 38.5 Å². The van der Waals surface area contributed by atoms with Gasteiger partial charge >= 0.3 is 6.09 Å². The molecule has 48 heavy (non-hydrogen) atoms. The standard InChI is InChI=1S/C34H41FN6O6S/c1-21-11-12-24-25(13-14-27(35)29(24)40-48(43,44)20-22(2)45-6)30(21)46-31-26(10-7-16-36-31)28-15-17-37-32(39-28)38-23-9-8-18-41(19-23)33(42)47-34(3,4)5/h7,10-17,22-23,40H,8-9,18-20H2,1-6H3,(H,37,38,39)/t22-,23?/m1/s1. The number of nitrogens with zero attached hydrogens (tertiary/aromatic N) is 4. The Morgan fingerprint density at radius 2 is 1.88 bits per heavy atom. The molecule has 1 aliphatic rings. The lowest BCUT2D eigenvalue weighted by molar-refractivity contribution is 0.0206. The molecule has 5 rings (SSSR count). The lowest BCUT2D eigenvalue weighted by Crippen LogP contribution is -2.47. The molecule has 0 saturated carbocycles. The van der Waals surface area contributed by atoms with Gasteiger partial charge in [-0.2, -0.15) is 0 Å². The minimum atomic E-state index is -3.93. The Labute approximate surface area is 280 Å². The number of likely N-dealkylation sites (tertiary alicyclic amines) is 1. The molecule has 1 unspecified atom stereocenters. The quantitative estimate of drug-likeness (QED) is 0.190. The summed E-state index contributed by atoms with van der Waals surface area (Å²) in [6, 6.07) is 11.4. The Bertz CT molecular complexity index is 1900. The highest BCUT2D eigenvalue weighted by atomic mass is 32.2. The van der Waals surface area contributed by atoms with Crippen LogP contribution in [0.3, 0.4) is 0 Å². The molecule has 12 nitrogen and oxygen atoms in total. The predicted molar refractivity (Wildman–Crippen MR) is 182 cm³/mol. The minimum absolute atomic E-state index is 0.0748. The van der Waals surface area contributed by atoms with E-state index in [4.69, 9.17) is 19.2 Å². The van der Waals surface area contributed by atoms with Gasteiger partial charge in [-0.25, -0.2) is 32.6 Å². The maximum atomic E-state index is 15.1. The number of halogens is 1. The Balaban J connectivity index is 1.41. The smallest absolute Gasteiger partial charge is 0.410 e. The molecule has 14 heteroatoms. The van der Waals surface area contributed by atoms with Crippen molar-refractivity contribution in [3.05, 3.63) is 66.2 Å². The van der Waals surface area contributed by atoms with E-state index in [1.807, 2.05) is 33.8 Å². The van der Waals surface area contributed by atoms with E-state index in [0.29, 0.717) is 46.8 Å².